The first-order chi connectivity index (χ1) is 7.31. The molecule has 0 amide bonds. The summed E-state index contributed by atoms with van der Waals surface area (Å²) >= 11 is 0. The molecule has 0 saturated carbocycles. The van der Waals surface area contributed by atoms with Crippen molar-refractivity contribution in [2.75, 3.05) is 33.5 Å². The highest BCUT2D eigenvalue weighted by atomic mass is 16.6. The molecule has 0 spiro atoms. The molecule has 15 heavy (non-hydrogen) atoms. The third kappa shape index (κ3) is 11.1. The summed E-state index contributed by atoms with van der Waals surface area (Å²) in [6, 6.07) is 0. The number of carbonyl (C=O) groups is 1. The summed E-state index contributed by atoms with van der Waals surface area (Å²) in [5.74, 6) is -0.323. The Balaban J connectivity index is 3.22. The lowest BCUT2D eigenvalue weighted by molar-refractivity contribution is -0.149. The second-order valence-corrected chi connectivity index (χ2v) is 2.93. The molecule has 4 nitrogen and oxygen atoms in total. The summed E-state index contributed by atoms with van der Waals surface area (Å²) in [5.41, 5.74) is 0. The molecule has 0 aliphatic rings. The van der Waals surface area contributed by atoms with Crippen LogP contribution in [0.1, 0.15) is 19.8 Å². The molecular formula is C11H20O4. The molecule has 4 heteroatoms. The number of hydrogen-bond acceptors (Lipinski definition) is 4. The molecule has 0 aromatic rings. The molecule has 0 N–H and O–H groups in total. The van der Waals surface area contributed by atoms with Crippen LogP contribution in [0.15, 0.2) is 12.2 Å². The number of esters is 1. The van der Waals surface area contributed by atoms with Crippen LogP contribution in [0, 0.1) is 0 Å². The molecule has 0 atom stereocenters. The highest BCUT2D eigenvalue weighted by Crippen LogP contribution is 1.89. The van der Waals surface area contributed by atoms with E-state index in [1.807, 2.05) is 12.2 Å². The molecule has 0 aromatic heterocycles. The maximum atomic E-state index is 11.0. The highest BCUT2D eigenvalue weighted by Gasteiger charge is 2.00. The maximum absolute atomic E-state index is 11.0. The van der Waals surface area contributed by atoms with E-state index in [9.17, 15) is 4.79 Å². The van der Waals surface area contributed by atoms with Crippen molar-refractivity contribution in [1.82, 2.24) is 0 Å². The van der Waals surface area contributed by atoms with Crippen molar-refractivity contribution in [3.8, 4) is 0 Å². The number of hydrogen-bond donors (Lipinski definition) is 0. The van der Waals surface area contributed by atoms with Crippen molar-refractivity contribution >= 4 is 5.97 Å². The lowest BCUT2D eigenvalue weighted by Crippen LogP contribution is -2.15. The van der Waals surface area contributed by atoms with Crippen molar-refractivity contribution in [3.63, 3.8) is 0 Å². The van der Waals surface area contributed by atoms with E-state index in [2.05, 4.69) is 6.92 Å². The van der Waals surface area contributed by atoms with Crippen LogP contribution in [-0.2, 0) is 19.0 Å². The topological polar surface area (TPSA) is 44.8 Å². The lowest BCUT2D eigenvalue weighted by Gasteiger charge is -2.03. The third-order valence-corrected chi connectivity index (χ3v) is 1.60. The Labute approximate surface area is 91.2 Å². The van der Waals surface area contributed by atoms with E-state index in [0.29, 0.717) is 19.8 Å². The standard InChI is InChI=1S/C11H20O4/c1-3-4-5-6-7-15-11(12)10-14-9-8-13-2/h4-5H,3,6-10H2,1-2H3. The molecule has 0 heterocycles. The number of methoxy groups -OCH3 is 1. The van der Waals surface area contributed by atoms with E-state index in [1.54, 1.807) is 7.11 Å². The molecule has 0 aliphatic carbocycles. The van der Waals surface area contributed by atoms with Gasteiger partial charge in [0.05, 0.1) is 19.8 Å². The number of ether oxygens (including phenoxy) is 3. The van der Waals surface area contributed by atoms with Crippen molar-refractivity contribution < 1.29 is 19.0 Å². The number of allylic oxidation sites excluding steroid dienone is 1. The predicted octanol–water partition coefficient (Wildman–Crippen LogP) is 1.55. The van der Waals surface area contributed by atoms with Gasteiger partial charge >= 0.3 is 5.97 Å². The maximum Gasteiger partial charge on any atom is 0.332 e. The zero-order valence-corrected chi connectivity index (χ0v) is 9.53. The average molecular weight is 216 g/mol. The predicted molar refractivity (Wildman–Crippen MR) is 57.7 cm³/mol. The summed E-state index contributed by atoms with van der Waals surface area (Å²) in [7, 11) is 1.59. The van der Waals surface area contributed by atoms with Gasteiger partial charge in [0.1, 0.15) is 6.61 Å². The zero-order valence-electron chi connectivity index (χ0n) is 9.53. The molecule has 0 unspecified atom stereocenters. The molecule has 88 valence electrons. The van der Waals surface area contributed by atoms with Crippen LogP contribution in [0.25, 0.3) is 0 Å². The molecule has 0 radical (unpaired) electrons. The second-order valence-electron chi connectivity index (χ2n) is 2.93. The summed E-state index contributed by atoms with van der Waals surface area (Å²) in [4.78, 5) is 11.0. The quantitative estimate of drug-likeness (QED) is 0.333. The second kappa shape index (κ2) is 11.2. The van der Waals surface area contributed by atoms with E-state index >= 15 is 0 Å². The summed E-state index contributed by atoms with van der Waals surface area (Å²) < 4.78 is 14.7. The fraction of sp³-hybridized carbons (Fsp3) is 0.727. The Hall–Kier alpha value is -0.870. The smallest absolute Gasteiger partial charge is 0.332 e. The Bertz CT molecular complexity index is 177. The normalized spacial score (nSPS) is 10.8. The Kier molecular flexibility index (Phi) is 10.6. The van der Waals surface area contributed by atoms with Crippen LogP contribution in [0.5, 0.6) is 0 Å². The van der Waals surface area contributed by atoms with Gasteiger partial charge in [0.25, 0.3) is 0 Å². The van der Waals surface area contributed by atoms with Gasteiger partial charge in [0.15, 0.2) is 0 Å². The summed E-state index contributed by atoms with van der Waals surface area (Å²) in [5, 5.41) is 0. The van der Waals surface area contributed by atoms with E-state index < -0.39 is 0 Å². The Morgan fingerprint density at radius 1 is 1.20 bits per heavy atom. The molecule has 0 aliphatic heterocycles. The van der Waals surface area contributed by atoms with Crippen LogP contribution < -0.4 is 0 Å². The molecular weight excluding hydrogens is 196 g/mol. The molecule has 0 rings (SSSR count). The fourth-order valence-corrected chi connectivity index (χ4v) is 0.865. The molecule has 0 aromatic carbocycles. The van der Waals surface area contributed by atoms with Gasteiger partial charge in [-0.3, -0.25) is 0 Å². The zero-order chi connectivity index (χ0) is 11.4. The third-order valence-electron chi connectivity index (χ3n) is 1.60. The first-order valence-electron chi connectivity index (χ1n) is 5.18. The van der Waals surface area contributed by atoms with Crippen molar-refractivity contribution in [1.29, 1.82) is 0 Å². The van der Waals surface area contributed by atoms with E-state index in [0.717, 1.165) is 12.8 Å². The van der Waals surface area contributed by atoms with Gasteiger partial charge < -0.3 is 14.2 Å². The van der Waals surface area contributed by atoms with Gasteiger partial charge in [-0.25, -0.2) is 4.79 Å². The number of rotatable bonds is 9. The first kappa shape index (κ1) is 14.1. The fourth-order valence-electron chi connectivity index (χ4n) is 0.865. The van der Waals surface area contributed by atoms with Crippen molar-refractivity contribution in [3.05, 3.63) is 12.2 Å². The number of carbonyl (C=O) groups excluding carboxylic acids is 1. The highest BCUT2D eigenvalue weighted by molar-refractivity contribution is 5.70. The lowest BCUT2D eigenvalue weighted by atomic mass is 10.3. The van der Waals surface area contributed by atoms with Gasteiger partial charge in [0.2, 0.25) is 0 Å². The van der Waals surface area contributed by atoms with E-state index in [4.69, 9.17) is 14.2 Å². The largest absolute Gasteiger partial charge is 0.464 e. The Morgan fingerprint density at radius 3 is 2.67 bits per heavy atom. The van der Waals surface area contributed by atoms with Crippen LogP contribution in [0.2, 0.25) is 0 Å². The monoisotopic (exact) mass is 216 g/mol. The minimum Gasteiger partial charge on any atom is -0.464 e. The van der Waals surface area contributed by atoms with Crippen LogP contribution in [-0.4, -0.2) is 39.5 Å². The summed E-state index contributed by atoms with van der Waals surface area (Å²) in [6.45, 7) is 3.39. The van der Waals surface area contributed by atoms with Gasteiger partial charge in [0, 0.05) is 7.11 Å². The Morgan fingerprint density at radius 2 is 2.00 bits per heavy atom. The van der Waals surface area contributed by atoms with Gasteiger partial charge in [-0.15, -0.1) is 0 Å². The molecule has 0 fully saturated rings. The van der Waals surface area contributed by atoms with Crippen LogP contribution >= 0.6 is 0 Å². The average Bonchev–Trinajstić information content (AvgIpc) is 2.24. The molecule has 0 bridgehead atoms. The van der Waals surface area contributed by atoms with Crippen LogP contribution in [0.3, 0.4) is 0 Å². The van der Waals surface area contributed by atoms with Gasteiger partial charge in [-0.1, -0.05) is 19.1 Å². The first-order valence-corrected chi connectivity index (χ1v) is 5.18. The molecule has 0 saturated heterocycles. The van der Waals surface area contributed by atoms with Gasteiger partial charge in [-0.05, 0) is 12.8 Å². The van der Waals surface area contributed by atoms with E-state index in [1.165, 1.54) is 0 Å². The van der Waals surface area contributed by atoms with E-state index in [-0.39, 0.29) is 12.6 Å². The minimum absolute atomic E-state index is 0.000845. The minimum atomic E-state index is -0.323. The van der Waals surface area contributed by atoms with Gasteiger partial charge in [-0.2, -0.15) is 0 Å². The summed E-state index contributed by atoms with van der Waals surface area (Å²) in [6.07, 6.45) is 5.81. The van der Waals surface area contributed by atoms with Crippen LogP contribution in [0.4, 0.5) is 0 Å². The van der Waals surface area contributed by atoms with Crippen molar-refractivity contribution in [2.24, 2.45) is 0 Å². The SMILES string of the molecule is CCC=CCCOC(=O)COCCOC. The van der Waals surface area contributed by atoms with Crippen molar-refractivity contribution in [2.45, 2.75) is 19.8 Å².